The fraction of sp³-hybridized carbons (Fsp3) is 0.412. The van der Waals surface area contributed by atoms with Crippen LogP contribution in [0, 0.1) is 5.92 Å². The van der Waals surface area contributed by atoms with Crippen LogP contribution in [0.5, 0.6) is 0 Å². The largest absolute Gasteiger partial charge is 0.467 e. The van der Waals surface area contributed by atoms with Crippen molar-refractivity contribution in [2.45, 2.75) is 64.0 Å². The van der Waals surface area contributed by atoms with Crippen LogP contribution >= 0.6 is 0 Å². The summed E-state index contributed by atoms with van der Waals surface area (Å²) in [5.74, 6) is -2.04. The summed E-state index contributed by atoms with van der Waals surface area (Å²) in [6.07, 6.45) is 0.553. The van der Waals surface area contributed by atoms with E-state index in [1.165, 1.54) is 21.1 Å². The molecule has 0 radical (unpaired) electrons. The van der Waals surface area contributed by atoms with Crippen LogP contribution in [0.15, 0.2) is 66.1 Å². The van der Waals surface area contributed by atoms with E-state index in [1.54, 1.807) is 12.4 Å². The fourth-order valence-electron chi connectivity index (χ4n) is 5.52. The Bertz CT molecular complexity index is 1690. The SMILES string of the molecule is COC(=O)[C@H](Cc1c[nH]c2ccccc12)NC(=O)C(Cc1c[nH]c2ccccc12)NC(=O)CO/N=C(/[C@@H](OC)C(C)C)[C@@H](O)[C@@H](C)O. The smallest absolute Gasteiger partial charge is 0.328 e. The molecule has 2 aromatic heterocycles. The van der Waals surface area contributed by atoms with E-state index in [0.29, 0.717) is 0 Å². The minimum atomic E-state index is -1.39. The summed E-state index contributed by atoms with van der Waals surface area (Å²) in [6.45, 7) is 4.49. The lowest BCUT2D eigenvalue weighted by atomic mass is 9.96. The number of carbonyl (C=O) groups is 3. The van der Waals surface area contributed by atoms with Crippen molar-refractivity contribution in [3.8, 4) is 0 Å². The van der Waals surface area contributed by atoms with Gasteiger partial charge in [-0.15, -0.1) is 0 Å². The molecule has 1 unspecified atom stereocenters. The number of hydrogen-bond acceptors (Lipinski definition) is 9. The van der Waals surface area contributed by atoms with Crippen molar-refractivity contribution in [2.24, 2.45) is 11.1 Å². The molecule has 0 saturated heterocycles. The second kappa shape index (κ2) is 16.2. The Hall–Kier alpha value is -4.72. The quantitative estimate of drug-likeness (QED) is 0.0606. The number of amides is 2. The molecule has 2 heterocycles. The molecular weight excluding hydrogens is 606 g/mol. The van der Waals surface area contributed by atoms with Gasteiger partial charge in [-0.05, 0) is 36.1 Å². The molecule has 0 fully saturated rings. The first kappa shape index (κ1) is 35.1. The van der Waals surface area contributed by atoms with Crippen molar-refractivity contribution < 1.29 is 38.9 Å². The van der Waals surface area contributed by atoms with Gasteiger partial charge in [0.1, 0.15) is 30.0 Å². The number of para-hydroxylation sites is 2. The van der Waals surface area contributed by atoms with Crippen LogP contribution in [-0.2, 0) is 41.5 Å². The molecule has 252 valence electrons. The molecule has 0 spiro atoms. The number of aliphatic hydroxyl groups excluding tert-OH is 2. The van der Waals surface area contributed by atoms with Gasteiger partial charge >= 0.3 is 5.97 Å². The summed E-state index contributed by atoms with van der Waals surface area (Å²) in [7, 11) is 2.69. The highest BCUT2D eigenvalue weighted by atomic mass is 16.6. The van der Waals surface area contributed by atoms with Gasteiger partial charge in [0.2, 0.25) is 5.91 Å². The number of methoxy groups -OCH3 is 2. The Morgan fingerprint density at radius 3 is 1.89 bits per heavy atom. The Morgan fingerprint density at radius 2 is 1.38 bits per heavy atom. The van der Waals surface area contributed by atoms with Crippen LogP contribution in [0.4, 0.5) is 0 Å². The molecule has 2 amide bonds. The van der Waals surface area contributed by atoms with Gasteiger partial charge in [-0.25, -0.2) is 4.79 Å². The van der Waals surface area contributed by atoms with Gasteiger partial charge in [0, 0.05) is 54.2 Å². The minimum Gasteiger partial charge on any atom is -0.467 e. The molecule has 2 aromatic carbocycles. The lowest BCUT2D eigenvalue weighted by Gasteiger charge is -2.25. The van der Waals surface area contributed by atoms with E-state index in [-0.39, 0.29) is 24.5 Å². The topological polar surface area (TPSA) is 187 Å². The standard InChI is InChI=1S/C34H43N5O8/c1-19(2)32(45-4)30(31(42)20(3)40)39-47-18-29(41)37-27(14-21-16-35-25-12-8-6-10-23(21)25)33(43)38-28(34(44)46-5)15-22-17-36-26-13-9-7-11-24(22)26/h6-13,16-17,19-20,27-28,31-32,35-36,40,42H,14-15,18H2,1-5H3,(H,37,41)(H,38,43)/b39-30+/t20-,27?,28+,31+,32+/m1/s1. The van der Waals surface area contributed by atoms with Crippen LogP contribution in [0.1, 0.15) is 31.9 Å². The second-order valence-corrected chi connectivity index (χ2v) is 11.7. The maximum atomic E-state index is 13.8. The molecule has 0 aliphatic rings. The van der Waals surface area contributed by atoms with Gasteiger partial charge in [-0.3, -0.25) is 9.59 Å². The minimum absolute atomic E-state index is 0.0246. The first-order valence-corrected chi connectivity index (χ1v) is 15.4. The molecule has 6 N–H and O–H groups in total. The molecule has 13 heteroatoms. The number of aliphatic hydroxyl groups is 2. The van der Waals surface area contributed by atoms with Crippen molar-refractivity contribution in [1.29, 1.82) is 0 Å². The highest BCUT2D eigenvalue weighted by Crippen LogP contribution is 2.21. The number of aromatic nitrogens is 2. The number of H-pyrrole nitrogens is 2. The van der Waals surface area contributed by atoms with E-state index in [9.17, 15) is 24.6 Å². The Morgan fingerprint density at radius 1 is 0.830 bits per heavy atom. The molecule has 0 aliphatic carbocycles. The maximum Gasteiger partial charge on any atom is 0.328 e. The molecule has 0 saturated carbocycles. The van der Waals surface area contributed by atoms with Crippen molar-refractivity contribution in [3.63, 3.8) is 0 Å². The Balaban J connectivity index is 1.55. The molecule has 0 bridgehead atoms. The van der Waals surface area contributed by atoms with Crippen molar-refractivity contribution >= 4 is 45.3 Å². The highest BCUT2D eigenvalue weighted by Gasteiger charge is 2.31. The number of esters is 1. The van der Waals surface area contributed by atoms with E-state index in [0.717, 1.165) is 32.9 Å². The average molecular weight is 650 g/mol. The van der Waals surface area contributed by atoms with E-state index in [2.05, 4.69) is 25.8 Å². The van der Waals surface area contributed by atoms with Crippen molar-refractivity contribution in [2.75, 3.05) is 20.8 Å². The van der Waals surface area contributed by atoms with E-state index >= 15 is 0 Å². The average Bonchev–Trinajstić information content (AvgIpc) is 3.66. The third-order valence-corrected chi connectivity index (χ3v) is 7.93. The monoisotopic (exact) mass is 649 g/mol. The number of aromatic amines is 2. The van der Waals surface area contributed by atoms with Gasteiger partial charge in [-0.2, -0.15) is 0 Å². The normalized spacial score (nSPS) is 15.2. The number of carbonyl (C=O) groups excluding carboxylic acids is 3. The van der Waals surface area contributed by atoms with Crippen LogP contribution in [-0.4, -0.2) is 94.9 Å². The van der Waals surface area contributed by atoms with Crippen molar-refractivity contribution in [1.82, 2.24) is 20.6 Å². The van der Waals surface area contributed by atoms with Gasteiger partial charge in [-0.1, -0.05) is 55.4 Å². The van der Waals surface area contributed by atoms with Crippen molar-refractivity contribution in [3.05, 3.63) is 72.1 Å². The molecule has 0 aliphatic heterocycles. The number of benzene rings is 2. The van der Waals surface area contributed by atoms with Gasteiger partial charge in [0.25, 0.3) is 5.91 Å². The van der Waals surface area contributed by atoms with Crippen LogP contribution in [0.3, 0.4) is 0 Å². The summed E-state index contributed by atoms with van der Waals surface area (Å²) in [6, 6.07) is 13.0. The van der Waals surface area contributed by atoms with Crippen LogP contribution < -0.4 is 10.6 Å². The number of fused-ring (bicyclic) bond motifs is 2. The first-order chi connectivity index (χ1) is 22.5. The van der Waals surface area contributed by atoms with E-state index in [4.69, 9.17) is 14.3 Å². The predicted octanol–water partition coefficient (Wildman–Crippen LogP) is 2.36. The molecule has 4 aromatic rings. The summed E-state index contributed by atoms with van der Waals surface area (Å²) in [5.41, 5.74) is 3.36. The fourth-order valence-corrected chi connectivity index (χ4v) is 5.52. The first-order valence-electron chi connectivity index (χ1n) is 15.4. The zero-order valence-electron chi connectivity index (χ0n) is 27.2. The number of nitrogens with zero attached hydrogens (tertiary/aromatic N) is 1. The lowest BCUT2D eigenvalue weighted by molar-refractivity contribution is -0.145. The molecular formula is C34H43N5O8. The summed E-state index contributed by atoms with van der Waals surface area (Å²) in [5, 5.41) is 31.7. The lowest BCUT2D eigenvalue weighted by Crippen LogP contribution is -2.53. The zero-order valence-corrected chi connectivity index (χ0v) is 27.2. The molecule has 47 heavy (non-hydrogen) atoms. The summed E-state index contributed by atoms with van der Waals surface area (Å²) < 4.78 is 10.5. The highest BCUT2D eigenvalue weighted by molar-refractivity contribution is 5.94. The second-order valence-electron chi connectivity index (χ2n) is 11.7. The molecule has 4 rings (SSSR count). The number of ether oxygens (including phenoxy) is 2. The number of hydrogen-bond donors (Lipinski definition) is 6. The molecule has 13 nitrogen and oxygen atoms in total. The van der Waals surface area contributed by atoms with Gasteiger partial charge in [0.15, 0.2) is 6.61 Å². The molecule has 5 atom stereocenters. The number of nitrogens with one attached hydrogen (secondary N) is 4. The van der Waals surface area contributed by atoms with Gasteiger partial charge < -0.3 is 45.1 Å². The Kier molecular flexibility index (Phi) is 12.1. The summed E-state index contributed by atoms with van der Waals surface area (Å²) >= 11 is 0. The van der Waals surface area contributed by atoms with Crippen LogP contribution in [0.2, 0.25) is 0 Å². The Labute approximate surface area is 272 Å². The third-order valence-electron chi connectivity index (χ3n) is 7.93. The predicted molar refractivity (Wildman–Crippen MR) is 177 cm³/mol. The van der Waals surface area contributed by atoms with Crippen LogP contribution in [0.25, 0.3) is 21.8 Å². The zero-order chi connectivity index (χ0) is 34.1. The maximum absolute atomic E-state index is 13.8. The number of oxime groups is 1. The number of rotatable bonds is 16. The van der Waals surface area contributed by atoms with E-state index in [1.807, 2.05) is 62.4 Å². The van der Waals surface area contributed by atoms with E-state index < -0.39 is 54.8 Å². The third kappa shape index (κ3) is 8.76. The van der Waals surface area contributed by atoms with Gasteiger partial charge in [0.05, 0.1) is 13.2 Å². The summed E-state index contributed by atoms with van der Waals surface area (Å²) in [4.78, 5) is 51.5.